The van der Waals surface area contributed by atoms with Gasteiger partial charge in [-0.3, -0.25) is 0 Å². The summed E-state index contributed by atoms with van der Waals surface area (Å²) in [5.74, 6) is 0. The van der Waals surface area contributed by atoms with E-state index in [9.17, 15) is 5.11 Å². The van der Waals surface area contributed by atoms with Crippen molar-refractivity contribution < 1.29 is 9.84 Å². The van der Waals surface area contributed by atoms with E-state index in [1.807, 2.05) is 5.38 Å². The van der Waals surface area contributed by atoms with E-state index < -0.39 is 5.60 Å². The van der Waals surface area contributed by atoms with Crippen LogP contribution in [0.5, 0.6) is 0 Å². The molecule has 2 heterocycles. The Hall–Kier alpha value is -0.520. The predicted molar refractivity (Wildman–Crippen MR) is 44.0 cm³/mol. The van der Waals surface area contributed by atoms with Crippen LogP contribution in [0.2, 0.25) is 0 Å². The zero-order chi connectivity index (χ0) is 8.44. The summed E-state index contributed by atoms with van der Waals surface area (Å²) in [7, 11) is 0. The highest BCUT2D eigenvalue weighted by Crippen LogP contribution is 2.22. The first-order chi connectivity index (χ1) is 5.79. The second-order valence-corrected chi connectivity index (χ2v) is 3.71. The fourth-order valence-electron chi connectivity index (χ4n) is 1.33. The van der Waals surface area contributed by atoms with E-state index in [2.05, 4.69) is 9.59 Å². The van der Waals surface area contributed by atoms with Gasteiger partial charge in [0.25, 0.3) is 0 Å². The third-order valence-electron chi connectivity index (χ3n) is 2.00. The van der Waals surface area contributed by atoms with Gasteiger partial charge >= 0.3 is 0 Å². The lowest BCUT2D eigenvalue weighted by molar-refractivity contribution is 0.0263. The molecule has 1 aromatic rings. The molecule has 1 N–H and O–H groups in total. The molecule has 66 valence electrons. The Balaban J connectivity index is 2.02. The third kappa shape index (κ3) is 1.63. The van der Waals surface area contributed by atoms with E-state index in [0.29, 0.717) is 26.1 Å². The number of aromatic nitrogens is 2. The molecule has 12 heavy (non-hydrogen) atoms. The van der Waals surface area contributed by atoms with Gasteiger partial charge in [-0.25, -0.2) is 0 Å². The molecule has 0 radical (unpaired) electrons. The molecule has 1 atom stereocenters. The maximum atomic E-state index is 9.87. The number of aliphatic hydroxyl groups is 1. The Labute approximate surface area is 74.3 Å². The van der Waals surface area contributed by atoms with Crippen LogP contribution >= 0.6 is 11.5 Å². The fraction of sp³-hybridized carbons (Fsp3) is 0.714. The number of hydrogen-bond acceptors (Lipinski definition) is 5. The number of rotatable bonds is 2. The molecular formula is C7H10N2O2S. The molecule has 0 amide bonds. The Morgan fingerprint density at radius 1 is 1.75 bits per heavy atom. The van der Waals surface area contributed by atoms with E-state index in [0.717, 1.165) is 5.69 Å². The first-order valence-corrected chi connectivity index (χ1v) is 4.68. The van der Waals surface area contributed by atoms with Crippen molar-refractivity contribution in [1.82, 2.24) is 9.59 Å². The lowest BCUT2D eigenvalue weighted by Crippen LogP contribution is -2.31. The zero-order valence-electron chi connectivity index (χ0n) is 6.56. The van der Waals surface area contributed by atoms with Crippen LogP contribution in [0, 0.1) is 0 Å². The molecule has 1 fully saturated rings. The van der Waals surface area contributed by atoms with Crippen molar-refractivity contribution in [3.8, 4) is 0 Å². The molecule has 0 bridgehead atoms. The summed E-state index contributed by atoms with van der Waals surface area (Å²) in [5, 5.41) is 15.6. The third-order valence-corrected chi connectivity index (χ3v) is 2.55. The normalized spacial score (nSPS) is 29.4. The van der Waals surface area contributed by atoms with Crippen LogP contribution in [-0.2, 0) is 11.2 Å². The fourth-order valence-corrected chi connectivity index (χ4v) is 1.79. The van der Waals surface area contributed by atoms with Gasteiger partial charge in [0, 0.05) is 24.8 Å². The lowest BCUT2D eigenvalue weighted by Gasteiger charge is -2.17. The molecule has 0 spiro atoms. The zero-order valence-corrected chi connectivity index (χ0v) is 7.38. The summed E-state index contributed by atoms with van der Waals surface area (Å²) in [6.07, 6.45) is 1.26. The SMILES string of the molecule is OC1(Cc2csnn2)CCOC1. The molecule has 0 aromatic carbocycles. The van der Waals surface area contributed by atoms with Crippen LogP contribution in [-0.4, -0.2) is 33.5 Å². The van der Waals surface area contributed by atoms with Crippen molar-refractivity contribution in [3.05, 3.63) is 11.1 Å². The summed E-state index contributed by atoms with van der Waals surface area (Å²) in [6, 6.07) is 0. The highest BCUT2D eigenvalue weighted by atomic mass is 32.1. The minimum atomic E-state index is -0.699. The molecule has 4 nitrogen and oxygen atoms in total. The molecule has 2 rings (SSSR count). The van der Waals surface area contributed by atoms with Crippen molar-refractivity contribution >= 4 is 11.5 Å². The minimum absolute atomic E-state index is 0.421. The summed E-state index contributed by atoms with van der Waals surface area (Å²) >= 11 is 1.31. The maximum absolute atomic E-state index is 9.87. The van der Waals surface area contributed by atoms with Gasteiger partial charge in [-0.05, 0) is 11.5 Å². The molecule has 0 saturated carbocycles. The van der Waals surface area contributed by atoms with Crippen molar-refractivity contribution in [2.24, 2.45) is 0 Å². The van der Waals surface area contributed by atoms with E-state index >= 15 is 0 Å². The standard InChI is InChI=1S/C7H10N2O2S/c10-7(1-2-11-5-7)3-6-4-12-9-8-6/h4,10H,1-3,5H2. The topological polar surface area (TPSA) is 55.2 Å². The second kappa shape index (κ2) is 3.08. The summed E-state index contributed by atoms with van der Waals surface area (Å²) < 4.78 is 8.85. The van der Waals surface area contributed by atoms with Crippen molar-refractivity contribution in [2.45, 2.75) is 18.4 Å². The predicted octanol–water partition coefficient (Wildman–Crippen LogP) is 0.232. The largest absolute Gasteiger partial charge is 0.387 e. The molecule has 1 saturated heterocycles. The van der Waals surface area contributed by atoms with Crippen LogP contribution < -0.4 is 0 Å². The van der Waals surface area contributed by atoms with Gasteiger partial charge in [-0.15, -0.1) is 5.10 Å². The van der Waals surface area contributed by atoms with Crippen molar-refractivity contribution in [1.29, 1.82) is 0 Å². The Kier molecular flexibility index (Phi) is 2.08. The summed E-state index contributed by atoms with van der Waals surface area (Å²) in [6.45, 7) is 1.07. The average molecular weight is 186 g/mol. The van der Waals surface area contributed by atoms with E-state index in [1.165, 1.54) is 11.5 Å². The van der Waals surface area contributed by atoms with E-state index in [-0.39, 0.29) is 0 Å². The smallest absolute Gasteiger partial charge is 0.0958 e. The molecule has 5 heteroatoms. The van der Waals surface area contributed by atoms with Gasteiger partial charge in [-0.2, -0.15) is 0 Å². The van der Waals surface area contributed by atoms with E-state index in [1.54, 1.807) is 0 Å². The van der Waals surface area contributed by atoms with Gasteiger partial charge in [0.1, 0.15) is 0 Å². The first-order valence-electron chi connectivity index (χ1n) is 3.85. The van der Waals surface area contributed by atoms with E-state index in [4.69, 9.17) is 4.74 Å². The maximum Gasteiger partial charge on any atom is 0.0958 e. The quantitative estimate of drug-likeness (QED) is 0.718. The summed E-state index contributed by atoms with van der Waals surface area (Å²) in [5.41, 5.74) is 0.156. The number of nitrogens with zero attached hydrogens (tertiary/aromatic N) is 2. The van der Waals surface area contributed by atoms with Gasteiger partial charge in [0.15, 0.2) is 0 Å². The van der Waals surface area contributed by atoms with Gasteiger partial charge in [0.2, 0.25) is 0 Å². The molecular weight excluding hydrogens is 176 g/mol. The number of hydrogen-bond donors (Lipinski definition) is 1. The highest BCUT2D eigenvalue weighted by Gasteiger charge is 2.32. The average Bonchev–Trinajstić information content (AvgIpc) is 2.62. The van der Waals surface area contributed by atoms with Gasteiger partial charge in [0.05, 0.1) is 17.9 Å². The molecule has 0 aliphatic carbocycles. The van der Waals surface area contributed by atoms with Crippen molar-refractivity contribution in [3.63, 3.8) is 0 Å². The van der Waals surface area contributed by atoms with Crippen LogP contribution in [0.25, 0.3) is 0 Å². The molecule has 1 unspecified atom stereocenters. The Morgan fingerprint density at radius 3 is 3.25 bits per heavy atom. The van der Waals surface area contributed by atoms with Crippen LogP contribution in [0.15, 0.2) is 5.38 Å². The molecule has 1 aliphatic heterocycles. The van der Waals surface area contributed by atoms with Gasteiger partial charge in [-0.1, -0.05) is 4.49 Å². The first kappa shape index (κ1) is 8.10. The Bertz CT molecular complexity index is 244. The van der Waals surface area contributed by atoms with Gasteiger partial charge < -0.3 is 9.84 Å². The van der Waals surface area contributed by atoms with Crippen LogP contribution in [0.3, 0.4) is 0 Å². The lowest BCUT2D eigenvalue weighted by atomic mass is 9.98. The molecule has 1 aliphatic rings. The second-order valence-electron chi connectivity index (χ2n) is 3.10. The highest BCUT2D eigenvalue weighted by molar-refractivity contribution is 7.03. The minimum Gasteiger partial charge on any atom is -0.387 e. The Morgan fingerprint density at radius 2 is 2.67 bits per heavy atom. The monoisotopic (exact) mass is 186 g/mol. The number of ether oxygens (including phenoxy) is 1. The van der Waals surface area contributed by atoms with Crippen LogP contribution in [0.4, 0.5) is 0 Å². The summed E-state index contributed by atoms with van der Waals surface area (Å²) in [4.78, 5) is 0. The van der Waals surface area contributed by atoms with Crippen LogP contribution in [0.1, 0.15) is 12.1 Å². The molecule has 1 aromatic heterocycles. The van der Waals surface area contributed by atoms with Crippen molar-refractivity contribution in [2.75, 3.05) is 13.2 Å².